The molecule has 0 bridgehead atoms. The average molecular weight is 270 g/mol. The van der Waals surface area contributed by atoms with E-state index in [0.717, 1.165) is 12.8 Å². The minimum absolute atomic E-state index is 0.0226. The zero-order chi connectivity index (χ0) is 14.3. The van der Waals surface area contributed by atoms with E-state index < -0.39 is 0 Å². The Kier molecular flexibility index (Phi) is 6.32. The number of carbonyl (C=O) groups excluding carboxylic acids is 3. The Morgan fingerprint density at radius 3 is 2.37 bits per heavy atom. The highest BCUT2D eigenvalue weighted by Gasteiger charge is 2.23. The van der Waals surface area contributed by atoms with Crippen LogP contribution in [-0.2, 0) is 19.1 Å². The molecule has 1 heterocycles. The number of primary amides is 1. The van der Waals surface area contributed by atoms with Gasteiger partial charge in [0.2, 0.25) is 11.8 Å². The number of rotatable bonds is 6. The summed E-state index contributed by atoms with van der Waals surface area (Å²) in [4.78, 5) is 35.6. The maximum atomic E-state index is 11.9. The van der Waals surface area contributed by atoms with Crippen molar-refractivity contribution in [3.8, 4) is 0 Å². The SMILES string of the molecule is CCOC(=O)CCC(=O)N1CCC(CC(N)=O)CC1. The third kappa shape index (κ3) is 5.72. The first-order chi connectivity index (χ1) is 9.02. The standard InChI is InChI=1S/C13H22N2O4/c1-2-19-13(18)4-3-12(17)15-7-5-10(6-8-15)9-11(14)16/h10H,2-9H2,1H3,(H2,14,16). The van der Waals surface area contributed by atoms with Gasteiger partial charge >= 0.3 is 5.97 Å². The third-order valence-corrected chi connectivity index (χ3v) is 3.31. The summed E-state index contributed by atoms with van der Waals surface area (Å²) in [5.41, 5.74) is 5.16. The number of ether oxygens (including phenoxy) is 1. The van der Waals surface area contributed by atoms with Crippen LogP contribution in [0, 0.1) is 5.92 Å². The summed E-state index contributed by atoms with van der Waals surface area (Å²) in [6.07, 6.45) is 2.32. The van der Waals surface area contributed by atoms with Crippen molar-refractivity contribution < 1.29 is 19.1 Å². The van der Waals surface area contributed by atoms with Gasteiger partial charge in [0.25, 0.3) is 0 Å². The first kappa shape index (κ1) is 15.5. The molecule has 1 aliphatic heterocycles. The molecule has 1 saturated heterocycles. The lowest BCUT2D eigenvalue weighted by molar-refractivity contribution is -0.146. The second-order valence-electron chi connectivity index (χ2n) is 4.80. The third-order valence-electron chi connectivity index (χ3n) is 3.31. The van der Waals surface area contributed by atoms with Crippen LogP contribution in [0.25, 0.3) is 0 Å². The number of hydrogen-bond acceptors (Lipinski definition) is 4. The van der Waals surface area contributed by atoms with Gasteiger partial charge in [-0.2, -0.15) is 0 Å². The lowest BCUT2D eigenvalue weighted by atomic mass is 9.93. The lowest BCUT2D eigenvalue weighted by Gasteiger charge is -2.31. The summed E-state index contributed by atoms with van der Waals surface area (Å²) in [6, 6.07) is 0. The molecule has 108 valence electrons. The van der Waals surface area contributed by atoms with Crippen LogP contribution in [0.4, 0.5) is 0 Å². The molecule has 1 fully saturated rings. The first-order valence-corrected chi connectivity index (χ1v) is 6.74. The molecule has 0 aromatic rings. The summed E-state index contributed by atoms with van der Waals surface area (Å²) in [6.45, 7) is 3.36. The van der Waals surface area contributed by atoms with Crippen molar-refractivity contribution in [3.63, 3.8) is 0 Å². The molecule has 19 heavy (non-hydrogen) atoms. The minimum atomic E-state index is -0.334. The molecule has 2 amide bonds. The van der Waals surface area contributed by atoms with Crippen LogP contribution >= 0.6 is 0 Å². The maximum absolute atomic E-state index is 11.9. The van der Waals surface area contributed by atoms with Crippen LogP contribution in [0.1, 0.15) is 39.0 Å². The van der Waals surface area contributed by atoms with E-state index in [1.165, 1.54) is 0 Å². The Bertz CT molecular complexity index is 336. The van der Waals surface area contributed by atoms with Crippen LogP contribution < -0.4 is 5.73 Å². The topological polar surface area (TPSA) is 89.7 Å². The second-order valence-corrected chi connectivity index (χ2v) is 4.80. The van der Waals surface area contributed by atoms with Crippen molar-refractivity contribution >= 4 is 17.8 Å². The van der Waals surface area contributed by atoms with E-state index in [1.807, 2.05) is 0 Å². The second kappa shape index (κ2) is 7.76. The Morgan fingerprint density at radius 1 is 1.21 bits per heavy atom. The fraction of sp³-hybridized carbons (Fsp3) is 0.769. The number of nitrogens with two attached hydrogens (primary N) is 1. The quantitative estimate of drug-likeness (QED) is 0.709. The van der Waals surface area contributed by atoms with Gasteiger partial charge in [-0.1, -0.05) is 0 Å². The fourth-order valence-corrected chi connectivity index (χ4v) is 2.27. The molecule has 0 radical (unpaired) electrons. The Hall–Kier alpha value is -1.59. The normalized spacial score (nSPS) is 16.2. The molecule has 6 nitrogen and oxygen atoms in total. The van der Waals surface area contributed by atoms with E-state index in [0.29, 0.717) is 26.1 Å². The lowest BCUT2D eigenvalue weighted by Crippen LogP contribution is -2.39. The van der Waals surface area contributed by atoms with Crippen molar-refractivity contribution in [2.24, 2.45) is 11.7 Å². The summed E-state index contributed by atoms with van der Waals surface area (Å²) in [7, 11) is 0. The van der Waals surface area contributed by atoms with E-state index in [2.05, 4.69) is 0 Å². The Morgan fingerprint density at radius 2 is 1.84 bits per heavy atom. The van der Waals surface area contributed by atoms with Gasteiger partial charge in [-0.3, -0.25) is 14.4 Å². The average Bonchev–Trinajstić information content (AvgIpc) is 2.36. The van der Waals surface area contributed by atoms with Gasteiger partial charge in [-0.25, -0.2) is 0 Å². The smallest absolute Gasteiger partial charge is 0.306 e. The summed E-state index contributed by atoms with van der Waals surface area (Å²) in [5.74, 6) is -0.358. The van der Waals surface area contributed by atoms with Gasteiger partial charge in [0.1, 0.15) is 0 Å². The van der Waals surface area contributed by atoms with Gasteiger partial charge in [0.15, 0.2) is 0 Å². The van der Waals surface area contributed by atoms with Gasteiger partial charge in [-0.05, 0) is 25.7 Å². The van der Waals surface area contributed by atoms with Crippen LogP contribution in [0.5, 0.6) is 0 Å². The molecule has 0 aromatic carbocycles. The highest BCUT2D eigenvalue weighted by molar-refractivity contribution is 5.81. The molecular weight excluding hydrogens is 248 g/mol. The largest absolute Gasteiger partial charge is 0.466 e. The number of hydrogen-bond donors (Lipinski definition) is 1. The molecule has 0 unspecified atom stereocenters. The number of amides is 2. The zero-order valence-corrected chi connectivity index (χ0v) is 11.4. The first-order valence-electron chi connectivity index (χ1n) is 6.74. The minimum Gasteiger partial charge on any atom is -0.466 e. The fourth-order valence-electron chi connectivity index (χ4n) is 2.27. The zero-order valence-electron chi connectivity index (χ0n) is 11.4. The van der Waals surface area contributed by atoms with E-state index in [-0.39, 0.29) is 36.5 Å². The Balaban J connectivity index is 2.25. The molecule has 1 aliphatic rings. The van der Waals surface area contributed by atoms with Crippen molar-refractivity contribution in [3.05, 3.63) is 0 Å². The number of piperidine rings is 1. The monoisotopic (exact) mass is 270 g/mol. The van der Waals surface area contributed by atoms with Crippen LogP contribution in [0.15, 0.2) is 0 Å². The van der Waals surface area contributed by atoms with E-state index in [9.17, 15) is 14.4 Å². The number of carbonyl (C=O) groups is 3. The van der Waals surface area contributed by atoms with E-state index in [1.54, 1.807) is 11.8 Å². The predicted octanol–water partition coefficient (Wildman–Crippen LogP) is 0.444. The molecule has 6 heteroatoms. The maximum Gasteiger partial charge on any atom is 0.306 e. The van der Waals surface area contributed by atoms with E-state index >= 15 is 0 Å². The molecule has 0 saturated carbocycles. The molecule has 2 N–H and O–H groups in total. The van der Waals surface area contributed by atoms with E-state index in [4.69, 9.17) is 10.5 Å². The molecule has 0 atom stereocenters. The summed E-state index contributed by atoms with van der Waals surface area (Å²) < 4.78 is 4.78. The van der Waals surface area contributed by atoms with Gasteiger partial charge in [0, 0.05) is 25.9 Å². The summed E-state index contributed by atoms with van der Waals surface area (Å²) >= 11 is 0. The van der Waals surface area contributed by atoms with Crippen LogP contribution in [-0.4, -0.2) is 42.4 Å². The number of esters is 1. The number of likely N-dealkylation sites (tertiary alicyclic amines) is 1. The molecule has 1 rings (SSSR count). The molecule has 0 spiro atoms. The van der Waals surface area contributed by atoms with Crippen LogP contribution in [0.3, 0.4) is 0 Å². The van der Waals surface area contributed by atoms with Gasteiger partial charge < -0.3 is 15.4 Å². The molecule has 0 aliphatic carbocycles. The van der Waals surface area contributed by atoms with Gasteiger partial charge in [-0.15, -0.1) is 0 Å². The van der Waals surface area contributed by atoms with Gasteiger partial charge in [0.05, 0.1) is 13.0 Å². The van der Waals surface area contributed by atoms with Crippen molar-refractivity contribution in [1.82, 2.24) is 4.90 Å². The predicted molar refractivity (Wildman–Crippen MR) is 69.0 cm³/mol. The van der Waals surface area contributed by atoms with Crippen LogP contribution in [0.2, 0.25) is 0 Å². The molecular formula is C13H22N2O4. The highest BCUT2D eigenvalue weighted by Crippen LogP contribution is 2.20. The van der Waals surface area contributed by atoms with Crippen molar-refractivity contribution in [2.75, 3.05) is 19.7 Å². The molecule has 0 aromatic heterocycles. The van der Waals surface area contributed by atoms with Crippen molar-refractivity contribution in [1.29, 1.82) is 0 Å². The highest BCUT2D eigenvalue weighted by atomic mass is 16.5. The summed E-state index contributed by atoms with van der Waals surface area (Å²) in [5, 5.41) is 0. The van der Waals surface area contributed by atoms with Crippen molar-refractivity contribution in [2.45, 2.75) is 39.0 Å². The number of nitrogens with zero attached hydrogens (tertiary/aromatic N) is 1. The Labute approximate surface area is 113 Å².